The Kier molecular flexibility index (Phi) is 3.25. The first kappa shape index (κ1) is 11.5. The second kappa shape index (κ2) is 4.50. The second-order valence-corrected chi connectivity index (χ2v) is 4.99. The van der Waals surface area contributed by atoms with Crippen LogP contribution in [0, 0.1) is 13.8 Å². The molecule has 0 spiro atoms. The molecule has 0 radical (unpaired) electrons. The summed E-state index contributed by atoms with van der Waals surface area (Å²) in [4.78, 5) is 0. The Labute approximate surface area is 106 Å². The molecule has 5 nitrogen and oxygen atoms in total. The first-order valence-electron chi connectivity index (χ1n) is 4.82. The van der Waals surface area contributed by atoms with Crippen LogP contribution in [0.5, 0.6) is 0 Å². The van der Waals surface area contributed by atoms with Crippen LogP contribution in [0.4, 0.5) is 5.00 Å². The molecule has 0 saturated carbocycles. The Balaban J connectivity index is 2.30. The molecule has 0 aliphatic heterocycles. The van der Waals surface area contributed by atoms with Crippen molar-refractivity contribution in [2.24, 2.45) is 0 Å². The zero-order chi connectivity index (χ0) is 11.7. The van der Waals surface area contributed by atoms with E-state index in [0.717, 1.165) is 26.6 Å². The van der Waals surface area contributed by atoms with Crippen LogP contribution in [-0.4, -0.2) is 26.4 Å². The van der Waals surface area contributed by atoms with Crippen LogP contribution in [0.3, 0.4) is 0 Å². The highest BCUT2D eigenvalue weighted by Gasteiger charge is 2.12. The van der Waals surface area contributed by atoms with Crippen LogP contribution in [-0.2, 0) is 6.54 Å². The Morgan fingerprint density at radius 1 is 1.44 bits per heavy atom. The van der Waals surface area contributed by atoms with Crippen molar-refractivity contribution in [3.63, 3.8) is 0 Å². The van der Waals surface area contributed by atoms with E-state index in [1.165, 1.54) is 11.5 Å². The molecule has 0 fully saturated rings. The van der Waals surface area contributed by atoms with Crippen molar-refractivity contribution >= 4 is 32.5 Å². The summed E-state index contributed by atoms with van der Waals surface area (Å²) in [7, 11) is 1.87. The lowest BCUT2D eigenvalue weighted by molar-refractivity contribution is 0.645. The molecule has 2 heterocycles. The van der Waals surface area contributed by atoms with E-state index in [1.807, 2.05) is 25.6 Å². The van der Waals surface area contributed by atoms with E-state index in [1.54, 1.807) is 0 Å². The standard InChI is InChI=1S/C9H12BrN5S/c1-5-8(10)6(2)15(13-5)4-7-9(11-3)16-14-12-7/h11H,4H2,1-3H3. The van der Waals surface area contributed by atoms with Gasteiger partial charge in [0.15, 0.2) is 0 Å². The fourth-order valence-corrected chi connectivity index (χ4v) is 2.28. The van der Waals surface area contributed by atoms with Crippen molar-refractivity contribution in [3.05, 3.63) is 21.6 Å². The monoisotopic (exact) mass is 301 g/mol. The number of aryl methyl sites for hydroxylation is 1. The number of rotatable bonds is 3. The number of hydrogen-bond acceptors (Lipinski definition) is 5. The molecular formula is C9H12BrN5S. The zero-order valence-corrected chi connectivity index (χ0v) is 11.7. The molecule has 0 aromatic carbocycles. The number of aromatic nitrogens is 4. The molecule has 0 saturated heterocycles. The summed E-state index contributed by atoms with van der Waals surface area (Å²) in [5, 5.41) is 12.6. The summed E-state index contributed by atoms with van der Waals surface area (Å²) in [6.45, 7) is 4.65. The van der Waals surface area contributed by atoms with Crippen molar-refractivity contribution in [2.75, 3.05) is 12.4 Å². The second-order valence-electron chi connectivity index (χ2n) is 3.44. The van der Waals surface area contributed by atoms with Crippen LogP contribution in [0.15, 0.2) is 4.47 Å². The third kappa shape index (κ3) is 1.97. The molecule has 0 aliphatic carbocycles. The molecule has 0 aliphatic rings. The number of hydrogen-bond donors (Lipinski definition) is 1. The molecule has 2 aromatic rings. The summed E-state index contributed by atoms with van der Waals surface area (Å²) in [5.41, 5.74) is 3.02. The summed E-state index contributed by atoms with van der Waals surface area (Å²) in [6.07, 6.45) is 0. The molecule has 0 bridgehead atoms. The van der Waals surface area contributed by atoms with Gasteiger partial charge in [-0.15, -0.1) is 5.10 Å². The van der Waals surface area contributed by atoms with Crippen molar-refractivity contribution in [2.45, 2.75) is 20.4 Å². The highest BCUT2D eigenvalue weighted by atomic mass is 79.9. The predicted octanol–water partition coefficient (Wildman–Crippen LogP) is 2.20. The third-order valence-electron chi connectivity index (χ3n) is 2.38. The van der Waals surface area contributed by atoms with Gasteiger partial charge in [0.05, 0.1) is 22.4 Å². The minimum Gasteiger partial charge on any atom is -0.377 e. The van der Waals surface area contributed by atoms with Gasteiger partial charge in [-0.05, 0) is 29.8 Å². The highest BCUT2D eigenvalue weighted by molar-refractivity contribution is 9.10. The van der Waals surface area contributed by atoms with Crippen LogP contribution in [0.2, 0.25) is 0 Å². The van der Waals surface area contributed by atoms with Gasteiger partial charge in [0.1, 0.15) is 10.7 Å². The fourth-order valence-electron chi connectivity index (χ4n) is 1.47. The average molecular weight is 302 g/mol. The zero-order valence-electron chi connectivity index (χ0n) is 9.28. The maximum Gasteiger partial charge on any atom is 0.135 e. The molecule has 0 amide bonds. The third-order valence-corrected chi connectivity index (χ3v) is 4.31. The molecule has 0 atom stereocenters. The first-order valence-corrected chi connectivity index (χ1v) is 6.38. The van der Waals surface area contributed by atoms with E-state index in [9.17, 15) is 0 Å². The molecule has 0 unspecified atom stereocenters. The molecular weight excluding hydrogens is 290 g/mol. The lowest BCUT2D eigenvalue weighted by atomic mass is 10.4. The molecule has 7 heteroatoms. The maximum absolute atomic E-state index is 4.44. The molecule has 1 N–H and O–H groups in total. The van der Waals surface area contributed by atoms with E-state index in [0.29, 0.717) is 6.54 Å². The number of nitrogens with one attached hydrogen (secondary N) is 1. The van der Waals surface area contributed by atoms with Gasteiger partial charge in [-0.3, -0.25) is 4.68 Å². The number of nitrogens with zero attached hydrogens (tertiary/aromatic N) is 4. The molecule has 16 heavy (non-hydrogen) atoms. The van der Waals surface area contributed by atoms with Gasteiger partial charge in [-0.25, -0.2) is 0 Å². The fraction of sp³-hybridized carbons (Fsp3) is 0.444. The lowest BCUT2D eigenvalue weighted by Crippen LogP contribution is -2.06. The predicted molar refractivity (Wildman–Crippen MR) is 68.0 cm³/mol. The van der Waals surface area contributed by atoms with E-state index in [2.05, 4.69) is 35.9 Å². The van der Waals surface area contributed by atoms with Gasteiger partial charge < -0.3 is 5.32 Å². The Morgan fingerprint density at radius 3 is 2.75 bits per heavy atom. The summed E-state index contributed by atoms with van der Waals surface area (Å²) in [6, 6.07) is 0. The van der Waals surface area contributed by atoms with Crippen molar-refractivity contribution in [1.29, 1.82) is 0 Å². The Hall–Kier alpha value is -0.950. The van der Waals surface area contributed by atoms with Gasteiger partial charge in [0.2, 0.25) is 0 Å². The maximum atomic E-state index is 4.44. The largest absolute Gasteiger partial charge is 0.377 e. The topological polar surface area (TPSA) is 55.6 Å². The Bertz CT molecular complexity index is 504. The van der Waals surface area contributed by atoms with Gasteiger partial charge in [-0.2, -0.15) is 5.10 Å². The quantitative estimate of drug-likeness (QED) is 0.944. The van der Waals surface area contributed by atoms with Crippen LogP contribution in [0.1, 0.15) is 17.1 Å². The van der Waals surface area contributed by atoms with Gasteiger partial charge >= 0.3 is 0 Å². The SMILES string of the molecule is CNc1snnc1Cn1nc(C)c(Br)c1C. The number of anilines is 1. The molecule has 86 valence electrons. The summed E-state index contributed by atoms with van der Waals surface area (Å²) >= 11 is 4.87. The average Bonchev–Trinajstić information content (AvgIpc) is 2.81. The van der Waals surface area contributed by atoms with Crippen LogP contribution < -0.4 is 5.32 Å². The highest BCUT2D eigenvalue weighted by Crippen LogP contribution is 2.23. The smallest absolute Gasteiger partial charge is 0.135 e. The normalized spacial score (nSPS) is 10.8. The minimum atomic E-state index is 0.644. The summed E-state index contributed by atoms with van der Waals surface area (Å²) in [5.74, 6) is 0. The minimum absolute atomic E-state index is 0.644. The van der Waals surface area contributed by atoms with Gasteiger partial charge in [0.25, 0.3) is 0 Å². The molecule has 2 rings (SSSR count). The van der Waals surface area contributed by atoms with E-state index in [4.69, 9.17) is 0 Å². The van der Waals surface area contributed by atoms with Crippen molar-refractivity contribution in [3.8, 4) is 0 Å². The van der Waals surface area contributed by atoms with Crippen molar-refractivity contribution in [1.82, 2.24) is 19.4 Å². The Morgan fingerprint density at radius 2 is 2.19 bits per heavy atom. The van der Waals surface area contributed by atoms with Gasteiger partial charge in [0, 0.05) is 18.6 Å². The van der Waals surface area contributed by atoms with Crippen LogP contribution >= 0.6 is 27.5 Å². The van der Waals surface area contributed by atoms with E-state index < -0.39 is 0 Å². The van der Waals surface area contributed by atoms with Crippen LogP contribution in [0.25, 0.3) is 0 Å². The number of halogens is 1. The van der Waals surface area contributed by atoms with Crippen molar-refractivity contribution < 1.29 is 0 Å². The van der Waals surface area contributed by atoms with E-state index >= 15 is 0 Å². The first-order chi connectivity index (χ1) is 7.63. The van der Waals surface area contributed by atoms with E-state index in [-0.39, 0.29) is 0 Å². The lowest BCUT2D eigenvalue weighted by Gasteiger charge is -2.03. The molecule has 2 aromatic heterocycles. The summed E-state index contributed by atoms with van der Waals surface area (Å²) < 4.78 is 6.91. The van der Waals surface area contributed by atoms with Gasteiger partial charge in [-0.1, -0.05) is 4.49 Å².